The number of hydrogen-bond donors (Lipinski definition) is 1. The van der Waals surface area contributed by atoms with E-state index in [1.54, 1.807) is 24.3 Å². The van der Waals surface area contributed by atoms with E-state index >= 15 is 0 Å². The number of benzene rings is 1. The standard InChI is InChI=1S/C17H22N6O2/c1-2-14-5-3-4-10-22(14)15(24)11-23-20-17(19-21-23)13-8-6-12(7-9-13)16(18)25/h6-9,14H,2-5,10-11H2,1H3,(H2,18,25)/t14-/m0/s1. The highest BCUT2D eigenvalue weighted by molar-refractivity contribution is 5.93. The molecule has 1 aliphatic rings. The SMILES string of the molecule is CC[C@H]1CCCCN1C(=O)Cn1nnc(-c2ccc(C(N)=O)cc2)n1. The number of nitrogens with two attached hydrogens (primary N) is 1. The normalized spacial score (nSPS) is 17.5. The van der Waals surface area contributed by atoms with Gasteiger partial charge in [0.1, 0.15) is 6.54 Å². The summed E-state index contributed by atoms with van der Waals surface area (Å²) in [6, 6.07) is 6.96. The summed E-state index contributed by atoms with van der Waals surface area (Å²) in [5.74, 6) is -0.0464. The van der Waals surface area contributed by atoms with Crippen LogP contribution < -0.4 is 5.73 Å². The minimum atomic E-state index is -0.485. The Hall–Kier alpha value is -2.77. The Morgan fingerprint density at radius 2 is 2.00 bits per heavy atom. The van der Waals surface area contributed by atoms with Crippen LogP contribution in [0, 0.1) is 0 Å². The first kappa shape index (κ1) is 17.1. The lowest BCUT2D eigenvalue weighted by atomic mass is 10.00. The van der Waals surface area contributed by atoms with E-state index in [2.05, 4.69) is 22.3 Å². The lowest BCUT2D eigenvalue weighted by molar-refractivity contribution is -0.136. The number of carbonyl (C=O) groups excluding carboxylic acids is 2. The van der Waals surface area contributed by atoms with Gasteiger partial charge in [0.15, 0.2) is 0 Å². The number of amides is 2. The second-order valence-corrected chi connectivity index (χ2v) is 6.23. The monoisotopic (exact) mass is 342 g/mol. The zero-order chi connectivity index (χ0) is 17.8. The molecule has 1 fully saturated rings. The van der Waals surface area contributed by atoms with Crippen LogP contribution in [0.1, 0.15) is 43.0 Å². The molecule has 0 aliphatic carbocycles. The predicted molar refractivity (Wildman–Crippen MR) is 91.4 cm³/mol. The van der Waals surface area contributed by atoms with Crippen molar-refractivity contribution in [1.29, 1.82) is 0 Å². The molecule has 1 atom stereocenters. The van der Waals surface area contributed by atoms with Crippen LogP contribution in [0.3, 0.4) is 0 Å². The quantitative estimate of drug-likeness (QED) is 0.879. The van der Waals surface area contributed by atoms with E-state index in [-0.39, 0.29) is 12.5 Å². The number of aromatic nitrogens is 4. The molecule has 1 aromatic carbocycles. The van der Waals surface area contributed by atoms with Crippen LogP contribution in [0.2, 0.25) is 0 Å². The van der Waals surface area contributed by atoms with E-state index in [1.807, 2.05) is 4.90 Å². The number of carbonyl (C=O) groups is 2. The Morgan fingerprint density at radius 3 is 2.68 bits per heavy atom. The first-order valence-electron chi connectivity index (χ1n) is 8.56. The third-order valence-corrected chi connectivity index (χ3v) is 4.58. The van der Waals surface area contributed by atoms with Crippen LogP contribution in [0.25, 0.3) is 11.4 Å². The molecular weight excluding hydrogens is 320 g/mol. The lowest BCUT2D eigenvalue weighted by Crippen LogP contribution is -2.45. The summed E-state index contributed by atoms with van der Waals surface area (Å²) in [5.41, 5.74) is 6.36. The fourth-order valence-corrected chi connectivity index (χ4v) is 3.17. The molecule has 0 saturated carbocycles. The summed E-state index contributed by atoms with van der Waals surface area (Å²) >= 11 is 0. The van der Waals surface area contributed by atoms with Crippen LogP contribution in [-0.4, -0.2) is 49.5 Å². The van der Waals surface area contributed by atoms with Gasteiger partial charge in [0.05, 0.1) is 0 Å². The fourth-order valence-electron chi connectivity index (χ4n) is 3.17. The summed E-state index contributed by atoms with van der Waals surface area (Å²) in [6.07, 6.45) is 4.25. The van der Waals surface area contributed by atoms with Gasteiger partial charge in [0, 0.05) is 23.7 Å². The molecule has 0 bridgehead atoms. The number of piperidine rings is 1. The Kier molecular flexibility index (Phi) is 5.06. The van der Waals surface area contributed by atoms with Crippen LogP contribution in [0.15, 0.2) is 24.3 Å². The molecule has 8 heteroatoms. The molecular formula is C17H22N6O2. The van der Waals surface area contributed by atoms with Crippen molar-refractivity contribution < 1.29 is 9.59 Å². The van der Waals surface area contributed by atoms with Gasteiger partial charge in [0.25, 0.3) is 0 Å². The number of hydrogen-bond acceptors (Lipinski definition) is 5. The van der Waals surface area contributed by atoms with Crippen LogP contribution in [0.5, 0.6) is 0 Å². The van der Waals surface area contributed by atoms with Gasteiger partial charge in [-0.1, -0.05) is 19.1 Å². The van der Waals surface area contributed by atoms with Gasteiger partial charge in [-0.15, -0.1) is 10.2 Å². The molecule has 1 aliphatic heterocycles. The van der Waals surface area contributed by atoms with E-state index in [0.717, 1.165) is 25.8 Å². The third kappa shape index (κ3) is 3.84. The molecule has 132 valence electrons. The minimum absolute atomic E-state index is 0.0274. The number of nitrogens with zero attached hydrogens (tertiary/aromatic N) is 5. The first-order valence-corrected chi connectivity index (χ1v) is 8.56. The van der Waals surface area contributed by atoms with Crippen molar-refractivity contribution in [3.05, 3.63) is 29.8 Å². The smallest absolute Gasteiger partial charge is 0.248 e. The molecule has 1 saturated heterocycles. The zero-order valence-electron chi connectivity index (χ0n) is 14.3. The molecule has 1 aromatic heterocycles. The van der Waals surface area contributed by atoms with Gasteiger partial charge in [-0.2, -0.15) is 4.80 Å². The number of tetrazole rings is 1. The van der Waals surface area contributed by atoms with Crippen molar-refractivity contribution in [3.8, 4) is 11.4 Å². The largest absolute Gasteiger partial charge is 0.366 e. The number of likely N-dealkylation sites (tertiary alicyclic amines) is 1. The van der Waals surface area contributed by atoms with E-state index in [0.29, 0.717) is 23.0 Å². The zero-order valence-corrected chi connectivity index (χ0v) is 14.3. The molecule has 2 N–H and O–H groups in total. The second kappa shape index (κ2) is 7.42. The maximum atomic E-state index is 12.5. The highest BCUT2D eigenvalue weighted by Gasteiger charge is 2.25. The van der Waals surface area contributed by atoms with Gasteiger partial charge in [-0.25, -0.2) is 0 Å². The topological polar surface area (TPSA) is 107 Å². The van der Waals surface area contributed by atoms with E-state index in [1.165, 1.54) is 11.2 Å². The second-order valence-electron chi connectivity index (χ2n) is 6.23. The van der Waals surface area contributed by atoms with Crippen LogP contribution >= 0.6 is 0 Å². The van der Waals surface area contributed by atoms with Gasteiger partial charge < -0.3 is 10.6 Å². The van der Waals surface area contributed by atoms with E-state index < -0.39 is 5.91 Å². The summed E-state index contributed by atoms with van der Waals surface area (Å²) in [6.45, 7) is 2.99. The van der Waals surface area contributed by atoms with Gasteiger partial charge in [0.2, 0.25) is 17.6 Å². The summed E-state index contributed by atoms with van der Waals surface area (Å²) < 4.78 is 0. The van der Waals surface area contributed by atoms with Crippen molar-refractivity contribution in [2.45, 2.75) is 45.2 Å². The van der Waals surface area contributed by atoms with Gasteiger partial charge in [-0.3, -0.25) is 9.59 Å². The summed E-state index contributed by atoms with van der Waals surface area (Å²) in [7, 11) is 0. The van der Waals surface area contributed by atoms with Crippen molar-refractivity contribution in [2.24, 2.45) is 5.73 Å². The Bertz CT molecular complexity index is 755. The Morgan fingerprint density at radius 1 is 1.24 bits per heavy atom. The Labute approximate surface area is 146 Å². The van der Waals surface area contributed by atoms with Gasteiger partial charge >= 0.3 is 0 Å². The average Bonchev–Trinajstić information content (AvgIpc) is 3.10. The van der Waals surface area contributed by atoms with Crippen molar-refractivity contribution >= 4 is 11.8 Å². The molecule has 2 aromatic rings. The summed E-state index contributed by atoms with van der Waals surface area (Å²) in [5, 5.41) is 12.2. The maximum Gasteiger partial charge on any atom is 0.248 e. The van der Waals surface area contributed by atoms with Crippen molar-refractivity contribution in [1.82, 2.24) is 25.1 Å². The minimum Gasteiger partial charge on any atom is -0.366 e. The molecule has 0 radical (unpaired) electrons. The van der Waals surface area contributed by atoms with Crippen LogP contribution in [-0.2, 0) is 11.3 Å². The highest BCUT2D eigenvalue weighted by Crippen LogP contribution is 2.20. The van der Waals surface area contributed by atoms with Crippen molar-refractivity contribution in [2.75, 3.05) is 6.54 Å². The summed E-state index contributed by atoms with van der Waals surface area (Å²) in [4.78, 5) is 26.9. The fraction of sp³-hybridized carbons (Fsp3) is 0.471. The number of rotatable bonds is 5. The third-order valence-electron chi connectivity index (χ3n) is 4.58. The van der Waals surface area contributed by atoms with Gasteiger partial charge in [-0.05, 0) is 43.0 Å². The predicted octanol–water partition coefficient (Wildman–Crippen LogP) is 1.23. The molecule has 3 rings (SSSR count). The molecule has 0 spiro atoms. The van der Waals surface area contributed by atoms with E-state index in [4.69, 9.17) is 5.73 Å². The molecule has 0 unspecified atom stereocenters. The average molecular weight is 342 g/mol. The molecule has 2 heterocycles. The molecule has 25 heavy (non-hydrogen) atoms. The first-order chi connectivity index (χ1) is 12.1. The number of primary amides is 1. The van der Waals surface area contributed by atoms with Crippen LogP contribution in [0.4, 0.5) is 0 Å². The van der Waals surface area contributed by atoms with E-state index in [9.17, 15) is 9.59 Å². The molecule has 8 nitrogen and oxygen atoms in total. The van der Waals surface area contributed by atoms with Crippen molar-refractivity contribution in [3.63, 3.8) is 0 Å². The maximum absolute atomic E-state index is 12.5. The highest BCUT2D eigenvalue weighted by atomic mass is 16.2. The molecule has 2 amide bonds. The lowest BCUT2D eigenvalue weighted by Gasteiger charge is -2.35. The Balaban J connectivity index is 1.68.